The van der Waals surface area contributed by atoms with Gasteiger partial charge < -0.3 is 9.64 Å². The molecule has 4 heterocycles. The minimum atomic E-state index is -0.154. The quantitative estimate of drug-likeness (QED) is 0.849. The molecule has 128 valence electrons. The highest BCUT2D eigenvalue weighted by Crippen LogP contribution is 2.40. The van der Waals surface area contributed by atoms with Crippen LogP contribution in [0.5, 0.6) is 0 Å². The topological polar surface area (TPSA) is 59.7 Å². The number of ether oxygens (including phenoxy) is 1. The zero-order chi connectivity index (χ0) is 16.7. The zero-order valence-corrected chi connectivity index (χ0v) is 14.3. The van der Waals surface area contributed by atoms with Gasteiger partial charge in [0, 0.05) is 25.5 Å². The van der Waals surface area contributed by atoms with Crippen LogP contribution in [0.3, 0.4) is 0 Å². The number of amides is 1. The van der Waals surface area contributed by atoms with Gasteiger partial charge in [-0.05, 0) is 37.2 Å². The number of likely N-dealkylation sites (tertiary alicyclic amines) is 1. The van der Waals surface area contributed by atoms with Crippen molar-refractivity contribution < 1.29 is 9.53 Å². The van der Waals surface area contributed by atoms with Crippen LogP contribution in [0.2, 0.25) is 0 Å². The van der Waals surface area contributed by atoms with E-state index in [-0.39, 0.29) is 11.5 Å². The number of aromatic nitrogens is 3. The van der Waals surface area contributed by atoms with E-state index >= 15 is 0 Å². The van der Waals surface area contributed by atoms with E-state index in [4.69, 9.17) is 4.74 Å². The molecule has 4 rings (SSSR count). The lowest BCUT2D eigenvalue weighted by Gasteiger charge is -2.39. The van der Waals surface area contributed by atoms with Gasteiger partial charge in [0.05, 0.1) is 18.4 Å². The third kappa shape index (κ3) is 2.59. The monoisotopic (exact) mass is 328 g/mol. The summed E-state index contributed by atoms with van der Waals surface area (Å²) in [6.07, 6.45) is 8.22. The van der Waals surface area contributed by atoms with Gasteiger partial charge in [0.25, 0.3) is 5.91 Å². The first-order valence-corrected chi connectivity index (χ1v) is 8.80. The third-order valence-electron chi connectivity index (χ3n) is 5.52. The molecule has 0 saturated carbocycles. The Morgan fingerprint density at radius 2 is 2.33 bits per heavy atom. The van der Waals surface area contributed by atoms with E-state index in [0.717, 1.165) is 32.4 Å². The summed E-state index contributed by atoms with van der Waals surface area (Å²) in [5.74, 6) is 1.23. The Bertz CT molecular complexity index is 756. The molecule has 6 nitrogen and oxygen atoms in total. The van der Waals surface area contributed by atoms with Crippen LogP contribution in [0, 0.1) is 11.8 Å². The van der Waals surface area contributed by atoms with Gasteiger partial charge in [-0.2, -0.15) is 5.10 Å². The third-order valence-corrected chi connectivity index (χ3v) is 5.52. The van der Waals surface area contributed by atoms with E-state index < -0.39 is 0 Å². The summed E-state index contributed by atoms with van der Waals surface area (Å²) in [4.78, 5) is 19.2. The predicted molar refractivity (Wildman–Crippen MR) is 89.8 cm³/mol. The Hall–Kier alpha value is -1.95. The van der Waals surface area contributed by atoms with Crippen LogP contribution in [0.15, 0.2) is 24.7 Å². The molecule has 1 spiro atoms. The molecule has 0 bridgehead atoms. The second-order valence-electron chi connectivity index (χ2n) is 7.48. The molecular formula is C18H24N4O2. The summed E-state index contributed by atoms with van der Waals surface area (Å²) >= 11 is 0. The molecular weight excluding hydrogens is 304 g/mol. The highest BCUT2D eigenvalue weighted by atomic mass is 16.5. The fraction of sp³-hybridized carbons (Fsp3) is 0.611. The fourth-order valence-corrected chi connectivity index (χ4v) is 4.01. The molecule has 2 aliphatic rings. The fourth-order valence-electron chi connectivity index (χ4n) is 4.01. The molecule has 1 amide bonds. The van der Waals surface area contributed by atoms with Crippen LogP contribution < -0.4 is 0 Å². The van der Waals surface area contributed by atoms with Crippen LogP contribution in [-0.2, 0) is 4.74 Å². The second-order valence-corrected chi connectivity index (χ2v) is 7.48. The van der Waals surface area contributed by atoms with E-state index in [9.17, 15) is 4.79 Å². The van der Waals surface area contributed by atoms with Crippen molar-refractivity contribution >= 4 is 11.6 Å². The number of hydrogen-bond donors (Lipinski definition) is 0. The largest absolute Gasteiger partial charge is 0.373 e. The van der Waals surface area contributed by atoms with Gasteiger partial charge in [-0.3, -0.25) is 4.79 Å². The van der Waals surface area contributed by atoms with Gasteiger partial charge in [-0.1, -0.05) is 13.8 Å². The second kappa shape index (κ2) is 5.84. The summed E-state index contributed by atoms with van der Waals surface area (Å²) in [5, 5.41) is 4.23. The number of hydrogen-bond acceptors (Lipinski definition) is 4. The van der Waals surface area contributed by atoms with Gasteiger partial charge in [0.2, 0.25) is 0 Å². The first-order chi connectivity index (χ1) is 11.6. The first kappa shape index (κ1) is 15.6. The number of fused-ring (bicyclic) bond motifs is 1. The molecule has 2 saturated heterocycles. The molecule has 2 fully saturated rings. The Kier molecular flexibility index (Phi) is 3.79. The van der Waals surface area contributed by atoms with Crippen molar-refractivity contribution in [1.29, 1.82) is 0 Å². The Morgan fingerprint density at radius 3 is 3.12 bits per heavy atom. The Labute approximate surface area is 141 Å². The Morgan fingerprint density at radius 1 is 1.46 bits per heavy atom. The molecule has 0 radical (unpaired) electrons. The van der Waals surface area contributed by atoms with Crippen LogP contribution in [0.1, 0.15) is 43.5 Å². The molecule has 2 atom stereocenters. The number of rotatable bonds is 2. The SMILES string of the molecule is CC(C)C1COC2(CCCN(C(=O)c3cnn4cccnc34)C2)C1. The van der Waals surface area contributed by atoms with Crippen molar-refractivity contribution in [2.75, 3.05) is 19.7 Å². The molecule has 2 unspecified atom stereocenters. The van der Waals surface area contributed by atoms with E-state index in [1.54, 1.807) is 16.9 Å². The summed E-state index contributed by atoms with van der Waals surface area (Å²) < 4.78 is 7.86. The number of piperidine rings is 1. The molecule has 0 N–H and O–H groups in total. The molecule has 2 aromatic rings. The van der Waals surface area contributed by atoms with Crippen LogP contribution >= 0.6 is 0 Å². The molecule has 0 aromatic carbocycles. The van der Waals surface area contributed by atoms with Crippen molar-refractivity contribution in [3.63, 3.8) is 0 Å². The van der Waals surface area contributed by atoms with Crippen molar-refractivity contribution in [3.8, 4) is 0 Å². The van der Waals surface area contributed by atoms with Gasteiger partial charge in [-0.25, -0.2) is 9.50 Å². The van der Waals surface area contributed by atoms with Crippen LogP contribution in [-0.4, -0.2) is 50.7 Å². The van der Waals surface area contributed by atoms with E-state index in [2.05, 4.69) is 23.9 Å². The van der Waals surface area contributed by atoms with Crippen LogP contribution in [0.4, 0.5) is 0 Å². The number of carbonyl (C=O) groups excluding carboxylic acids is 1. The average Bonchev–Trinajstić information content (AvgIpc) is 3.19. The van der Waals surface area contributed by atoms with Gasteiger partial charge in [0.15, 0.2) is 5.65 Å². The highest BCUT2D eigenvalue weighted by Gasteiger charge is 2.45. The van der Waals surface area contributed by atoms with Crippen molar-refractivity contribution in [2.45, 2.75) is 38.7 Å². The molecule has 0 aliphatic carbocycles. The van der Waals surface area contributed by atoms with Gasteiger partial charge in [0.1, 0.15) is 5.56 Å². The van der Waals surface area contributed by atoms with Gasteiger partial charge >= 0.3 is 0 Å². The summed E-state index contributed by atoms with van der Waals surface area (Å²) in [7, 11) is 0. The molecule has 24 heavy (non-hydrogen) atoms. The van der Waals surface area contributed by atoms with Crippen molar-refractivity contribution in [1.82, 2.24) is 19.5 Å². The number of carbonyl (C=O) groups is 1. The minimum absolute atomic E-state index is 0.0133. The van der Waals surface area contributed by atoms with Crippen LogP contribution in [0.25, 0.3) is 5.65 Å². The zero-order valence-electron chi connectivity index (χ0n) is 14.3. The van der Waals surface area contributed by atoms with Crippen molar-refractivity contribution in [2.24, 2.45) is 11.8 Å². The van der Waals surface area contributed by atoms with Gasteiger partial charge in [-0.15, -0.1) is 0 Å². The maximum absolute atomic E-state index is 13.0. The summed E-state index contributed by atoms with van der Waals surface area (Å²) in [6, 6.07) is 1.81. The summed E-state index contributed by atoms with van der Waals surface area (Å²) in [6.45, 7) is 6.78. The molecule has 2 aromatic heterocycles. The average molecular weight is 328 g/mol. The first-order valence-electron chi connectivity index (χ1n) is 8.80. The standard InChI is InChI=1S/C18H24N4O2/c1-13(2)14-9-18(24-11-14)5-3-7-21(12-18)17(23)15-10-20-22-8-4-6-19-16(15)22/h4,6,8,10,13-14H,3,5,7,9,11-12H2,1-2H3. The lowest BCUT2D eigenvalue weighted by molar-refractivity contribution is -0.0450. The molecule has 6 heteroatoms. The lowest BCUT2D eigenvalue weighted by atomic mass is 9.83. The number of nitrogens with zero attached hydrogens (tertiary/aromatic N) is 4. The normalized spacial score (nSPS) is 27.5. The van der Waals surface area contributed by atoms with E-state index in [1.807, 2.05) is 17.2 Å². The maximum atomic E-state index is 13.0. The summed E-state index contributed by atoms with van der Waals surface area (Å²) in [5.41, 5.74) is 1.04. The smallest absolute Gasteiger partial charge is 0.259 e. The Balaban J connectivity index is 1.55. The van der Waals surface area contributed by atoms with Crippen molar-refractivity contribution in [3.05, 3.63) is 30.2 Å². The maximum Gasteiger partial charge on any atom is 0.259 e. The minimum Gasteiger partial charge on any atom is -0.373 e. The predicted octanol–water partition coefficient (Wildman–Crippen LogP) is 2.40. The van der Waals surface area contributed by atoms with E-state index in [0.29, 0.717) is 29.6 Å². The van der Waals surface area contributed by atoms with E-state index in [1.165, 1.54) is 0 Å². The lowest BCUT2D eigenvalue weighted by Crippen LogP contribution is -2.50. The molecule has 2 aliphatic heterocycles. The highest BCUT2D eigenvalue weighted by molar-refractivity contribution is 5.99.